The molecule has 1 amide bonds. The van der Waals surface area contributed by atoms with Crippen LogP contribution in [-0.4, -0.2) is 29.9 Å². The molecule has 1 heterocycles. The number of carbonyl (C=O) groups is 1. The lowest BCUT2D eigenvalue weighted by molar-refractivity contribution is -0.134. The number of nitrogens with two attached hydrogens (primary N) is 1. The van der Waals surface area contributed by atoms with Crippen LogP contribution in [0.1, 0.15) is 5.56 Å². The number of amides is 1. The molecule has 0 saturated carbocycles. The van der Waals surface area contributed by atoms with Gasteiger partial charge in [0.1, 0.15) is 0 Å². The zero-order valence-corrected chi connectivity index (χ0v) is 9.90. The van der Waals surface area contributed by atoms with E-state index in [0.717, 1.165) is 10.0 Å². The molecule has 1 aromatic rings. The molecule has 3 nitrogen and oxygen atoms in total. The van der Waals surface area contributed by atoms with Gasteiger partial charge >= 0.3 is 0 Å². The van der Waals surface area contributed by atoms with E-state index >= 15 is 0 Å². The summed E-state index contributed by atoms with van der Waals surface area (Å²) >= 11 is 3.38. The smallest absolute Gasteiger partial charge is 0.227 e. The Labute approximate surface area is 97.4 Å². The number of halogens is 1. The summed E-state index contributed by atoms with van der Waals surface area (Å²) in [5.41, 5.74) is 6.66. The third-order valence-corrected chi connectivity index (χ3v) is 3.00. The van der Waals surface area contributed by atoms with E-state index in [1.54, 1.807) is 4.90 Å². The van der Waals surface area contributed by atoms with Gasteiger partial charge in [-0.1, -0.05) is 28.1 Å². The lowest BCUT2D eigenvalue weighted by atomic mass is 10.1. The monoisotopic (exact) mass is 268 g/mol. The maximum atomic E-state index is 11.7. The minimum atomic E-state index is 0.162. The number of hydrogen-bond acceptors (Lipinski definition) is 2. The zero-order chi connectivity index (χ0) is 10.8. The number of hydrogen-bond donors (Lipinski definition) is 1. The number of nitrogens with zero attached hydrogens (tertiary/aromatic N) is 1. The predicted octanol–water partition coefficient (Wildman–Crippen LogP) is 1.16. The number of benzene rings is 1. The Hall–Kier alpha value is -0.870. The summed E-state index contributed by atoms with van der Waals surface area (Å²) in [5.74, 6) is 0.162. The summed E-state index contributed by atoms with van der Waals surface area (Å²) in [6.07, 6.45) is 0.464. The van der Waals surface area contributed by atoms with E-state index in [1.165, 1.54) is 0 Å². The average molecular weight is 269 g/mol. The molecule has 0 unspecified atom stereocenters. The van der Waals surface area contributed by atoms with Crippen LogP contribution < -0.4 is 5.73 Å². The molecule has 2 rings (SSSR count). The minimum absolute atomic E-state index is 0.162. The standard InChI is InChI=1S/C11H13BrN2O/c12-9-3-1-2-8(4-9)5-11(15)14-6-10(13)7-14/h1-4,10H,5-7,13H2. The molecule has 1 saturated heterocycles. The third kappa shape index (κ3) is 2.58. The van der Waals surface area contributed by atoms with Crippen LogP contribution in [0.25, 0.3) is 0 Å². The summed E-state index contributed by atoms with van der Waals surface area (Å²) in [4.78, 5) is 13.5. The second kappa shape index (κ2) is 4.33. The number of carbonyl (C=O) groups excluding carboxylic acids is 1. The van der Waals surface area contributed by atoms with Crippen molar-refractivity contribution in [2.75, 3.05) is 13.1 Å². The van der Waals surface area contributed by atoms with Gasteiger partial charge in [-0.3, -0.25) is 4.79 Å². The van der Waals surface area contributed by atoms with Gasteiger partial charge in [-0.05, 0) is 17.7 Å². The Morgan fingerprint density at radius 2 is 2.27 bits per heavy atom. The van der Waals surface area contributed by atoms with E-state index < -0.39 is 0 Å². The van der Waals surface area contributed by atoms with Gasteiger partial charge in [-0.15, -0.1) is 0 Å². The Bertz CT molecular complexity index is 375. The van der Waals surface area contributed by atoms with Crippen LogP contribution in [0.3, 0.4) is 0 Å². The van der Waals surface area contributed by atoms with E-state index in [2.05, 4.69) is 15.9 Å². The second-order valence-corrected chi connectivity index (χ2v) is 4.78. The molecule has 15 heavy (non-hydrogen) atoms. The molecular weight excluding hydrogens is 256 g/mol. The summed E-state index contributed by atoms with van der Waals surface area (Å²) in [6.45, 7) is 1.40. The van der Waals surface area contributed by atoms with Gasteiger partial charge in [-0.2, -0.15) is 0 Å². The van der Waals surface area contributed by atoms with Gasteiger partial charge in [0.2, 0.25) is 5.91 Å². The van der Waals surface area contributed by atoms with E-state index in [-0.39, 0.29) is 11.9 Å². The van der Waals surface area contributed by atoms with Crippen LogP contribution in [0.2, 0.25) is 0 Å². The van der Waals surface area contributed by atoms with Gasteiger partial charge in [0.05, 0.1) is 6.42 Å². The highest BCUT2D eigenvalue weighted by Crippen LogP contribution is 2.14. The predicted molar refractivity (Wildman–Crippen MR) is 62.4 cm³/mol. The van der Waals surface area contributed by atoms with Gasteiger partial charge in [0, 0.05) is 23.6 Å². The molecule has 4 heteroatoms. The highest BCUT2D eigenvalue weighted by atomic mass is 79.9. The molecule has 2 N–H and O–H groups in total. The quantitative estimate of drug-likeness (QED) is 0.875. The molecule has 0 spiro atoms. The first-order chi connectivity index (χ1) is 7.15. The Balaban J connectivity index is 1.94. The molecule has 0 bridgehead atoms. The van der Waals surface area contributed by atoms with Crippen molar-refractivity contribution >= 4 is 21.8 Å². The summed E-state index contributed by atoms with van der Waals surface area (Å²) < 4.78 is 1.01. The van der Waals surface area contributed by atoms with Crippen LogP contribution in [-0.2, 0) is 11.2 Å². The zero-order valence-electron chi connectivity index (χ0n) is 8.32. The van der Waals surface area contributed by atoms with Crippen molar-refractivity contribution in [2.45, 2.75) is 12.5 Å². The first-order valence-corrected chi connectivity index (χ1v) is 5.72. The van der Waals surface area contributed by atoms with Crippen LogP contribution in [0, 0.1) is 0 Å². The van der Waals surface area contributed by atoms with Gasteiger partial charge < -0.3 is 10.6 Å². The fourth-order valence-electron chi connectivity index (χ4n) is 1.65. The molecule has 1 aliphatic heterocycles. The third-order valence-electron chi connectivity index (χ3n) is 2.51. The van der Waals surface area contributed by atoms with Gasteiger partial charge in [0.15, 0.2) is 0 Å². The Morgan fingerprint density at radius 1 is 1.53 bits per heavy atom. The molecular formula is C11H13BrN2O. The Kier molecular flexibility index (Phi) is 3.07. The van der Waals surface area contributed by atoms with Crippen molar-refractivity contribution in [3.63, 3.8) is 0 Å². The van der Waals surface area contributed by atoms with Crippen LogP contribution in [0.4, 0.5) is 0 Å². The van der Waals surface area contributed by atoms with Crippen LogP contribution in [0.15, 0.2) is 28.7 Å². The molecule has 0 aromatic heterocycles. The van der Waals surface area contributed by atoms with E-state index in [4.69, 9.17) is 5.73 Å². The lowest BCUT2D eigenvalue weighted by Gasteiger charge is -2.36. The van der Waals surface area contributed by atoms with Gasteiger partial charge in [0.25, 0.3) is 0 Å². The summed E-state index contributed by atoms with van der Waals surface area (Å²) in [5, 5.41) is 0. The lowest BCUT2D eigenvalue weighted by Crippen LogP contribution is -2.58. The SMILES string of the molecule is NC1CN(C(=O)Cc2cccc(Br)c2)C1. The first kappa shape index (κ1) is 10.6. The largest absolute Gasteiger partial charge is 0.339 e. The molecule has 1 aromatic carbocycles. The fourth-order valence-corrected chi connectivity index (χ4v) is 2.10. The topological polar surface area (TPSA) is 46.3 Å². The van der Waals surface area contributed by atoms with E-state index in [0.29, 0.717) is 19.5 Å². The first-order valence-electron chi connectivity index (χ1n) is 4.93. The van der Waals surface area contributed by atoms with Crippen molar-refractivity contribution in [3.8, 4) is 0 Å². The molecule has 1 fully saturated rings. The molecule has 0 radical (unpaired) electrons. The highest BCUT2D eigenvalue weighted by molar-refractivity contribution is 9.10. The maximum absolute atomic E-state index is 11.7. The molecule has 1 aliphatic rings. The summed E-state index contributed by atoms with van der Waals surface area (Å²) in [6, 6.07) is 8.00. The van der Waals surface area contributed by atoms with Crippen LogP contribution in [0.5, 0.6) is 0 Å². The highest BCUT2D eigenvalue weighted by Gasteiger charge is 2.27. The number of likely N-dealkylation sites (tertiary alicyclic amines) is 1. The van der Waals surface area contributed by atoms with Crippen molar-refractivity contribution in [3.05, 3.63) is 34.3 Å². The minimum Gasteiger partial charge on any atom is -0.339 e. The molecule has 80 valence electrons. The van der Waals surface area contributed by atoms with E-state index in [9.17, 15) is 4.79 Å². The van der Waals surface area contributed by atoms with E-state index in [1.807, 2.05) is 24.3 Å². The average Bonchev–Trinajstić information content (AvgIpc) is 2.13. The Morgan fingerprint density at radius 3 is 2.87 bits per heavy atom. The summed E-state index contributed by atoms with van der Waals surface area (Å²) in [7, 11) is 0. The van der Waals surface area contributed by atoms with Crippen molar-refractivity contribution in [2.24, 2.45) is 5.73 Å². The molecule has 0 aliphatic carbocycles. The fraction of sp³-hybridized carbons (Fsp3) is 0.364. The van der Waals surface area contributed by atoms with Crippen molar-refractivity contribution in [1.82, 2.24) is 4.90 Å². The normalized spacial score (nSPS) is 16.3. The molecule has 0 atom stereocenters. The number of rotatable bonds is 2. The van der Waals surface area contributed by atoms with Crippen LogP contribution >= 0.6 is 15.9 Å². The van der Waals surface area contributed by atoms with Crippen molar-refractivity contribution in [1.29, 1.82) is 0 Å². The second-order valence-electron chi connectivity index (χ2n) is 3.87. The van der Waals surface area contributed by atoms with Crippen molar-refractivity contribution < 1.29 is 4.79 Å². The van der Waals surface area contributed by atoms with Gasteiger partial charge in [-0.25, -0.2) is 0 Å². The maximum Gasteiger partial charge on any atom is 0.227 e.